The second-order valence-electron chi connectivity index (χ2n) is 7.78. The van der Waals surface area contributed by atoms with Crippen LogP contribution in [0.5, 0.6) is 0 Å². The molecule has 0 rings (SSSR count). The summed E-state index contributed by atoms with van der Waals surface area (Å²) in [6.07, 6.45) is 12.5. The molecule has 0 atom stereocenters. The van der Waals surface area contributed by atoms with E-state index in [1.807, 2.05) is 0 Å². The van der Waals surface area contributed by atoms with Gasteiger partial charge in [-0.05, 0) is 0 Å². The van der Waals surface area contributed by atoms with E-state index in [9.17, 15) is 0 Å². The summed E-state index contributed by atoms with van der Waals surface area (Å²) >= 11 is 1.42. The van der Waals surface area contributed by atoms with E-state index in [2.05, 4.69) is 144 Å². The van der Waals surface area contributed by atoms with Crippen LogP contribution in [-0.4, -0.2) is 0 Å². The molecule has 0 spiro atoms. The molecule has 0 radical (unpaired) electrons. The number of rotatable bonds is 0. The summed E-state index contributed by atoms with van der Waals surface area (Å²) in [6.45, 7) is 42.5. The van der Waals surface area contributed by atoms with Gasteiger partial charge in [0.05, 0.1) is 0 Å². The maximum atomic E-state index is 2.22. The van der Waals surface area contributed by atoms with Gasteiger partial charge in [0.2, 0.25) is 0 Å². The fraction of sp³-hybridized carbons (Fsp3) is 1.00. The third-order valence-corrected chi connectivity index (χ3v) is 0. The van der Waals surface area contributed by atoms with Crippen molar-refractivity contribution in [1.82, 2.24) is 0 Å². The summed E-state index contributed by atoms with van der Waals surface area (Å²) in [5.74, 6) is 0. The molecule has 0 bridgehead atoms. The summed E-state index contributed by atoms with van der Waals surface area (Å²) in [4.78, 5) is 0. The predicted molar refractivity (Wildman–Crippen MR) is 291 cm³/mol. The van der Waals surface area contributed by atoms with Crippen LogP contribution in [0.2, 0.25) is 5.57 Å². The molecule has 0 unspecified atom stereocenters. The summed E-state index contributed by atoms with van der Waals surface area (Å²) in [7, 11) is 0. The topological polar surface area (TPSA) is 0 Å². The molecule has 0 heterocycles. The van der Waals surface area contributed by atoms with Crippen LogP contribution in [0.4, 0.5) is 0 Å². The van der Waals surface area contributed by atoms with Crippen molar-refractivity contribution in [2.24, 2.45) is 0 Å². The van der Waals surface area contributed by atoms with E-state index >= 15 is 0 Å². The molecule has 0 aromatic carbocycles. The van der Waals surface area contributed by atoms with Gasteiger partial charge in [-0.3, -0.25) is 0 Å². The van der Waals surface area contributed by atoms with Gasteiger partial charge in [-0.15, -0.1) is 0 Å². The zero-order valence-electron chi connectivity index (χ0n) is 31.8. The molecular formula is C50H156Xe2. The molecule has 0 amide bonds. The monoisotopic (exact) mass is 1020 g/mol. The van der Waals surface area contributed by atoms with Gasteiger partial charge in [0.1, 0.15) is 0 Å². The van der Waals surface area contributed by atoms with Crippen LogP contribution < -0.4 is 0 Å². The van der Waals surface area contributed by atoms with Gasteiger partial charge in [0, 0.05) is 0 Å². The molecule has 0 aromatic rings. The Labute approximate surface area is 409 Å². The first-order valence-electron chi connectivity index (χ1n) is 15.6. The van der Waals surface area contributed by atoms with Crippen LogP contribution in [0.25, 0.3) is 0 Å². The molecule has 0 aromatic heterocycles. The van der Waals surface area contributed by atoms with Crippen molar-refractivity contribution >= 4 is 0 Å². The van der Waals surface area contributed by atoms with Crippen LogP contribution in [0.15, 0.2) is 0 Å². The second-order valence-corrected chi connectivity index (χ2v) is 11.8. The first-order valence-corrected chi connectivity index (χ1v) is 23.6. The van der Waals surface area contributed by atoms with E-state index in [0.29, 0.717) is 88.4 Å². The van der Waals surface area contributed by atoms with E-state index in [1.54, 1.807) is 0 Å². The van der Waals surface area contributed by atoms with Crippen molar-refractivity contribution in [3.8, 4) is 0 Å². The third kappa shape index (κ3) is 14600. The molecule has 0 aliphatic carbocycles. The molecule has 0 saturated heterocycles. The molecule has 52 heavy (non-hydrogen) atoms. The molecule has 2 heteroatoms. The summed E-state index contributed by atoms with van der Waals surface area (Å²) in [5, 5.41) is 0. The molecule has 0 N–H and O–H groups in total. The molecule has 372 valence electrons. The van der Waals surface area contributed by atoms with Crippen LogP contribution in [0, 0.1) is 88.4 Å². The standard InChI is InChI=1S/10C3H8.2C2H6Xe.16CH4/c12*1-3-2;;;;;;;;;;;;;;;;/h10*3H2,1-2H3;2*1-2H3;16*1H4. The van der Waals surface area contributed by atoms with Crippen LogP contribution in [0.1, 0.15) is 322 Å². The van der Waals surface area contributed by atoms with Crippen molar-refractivity contribution in [3.05, 3.63) is 0 Å². The van der Waals surface area contributed by atoms with Gasteiger partial charge < -0.3 is 0 Å². The molecule has 0 saturated carbocycles. The Kier molecular flexibility index (Phi) is 2810. The molecule has 0 fully saturated rings. The third-order valence-electron chi connectivity index (χ3n) is 0. The number of hydrogen-bond acceptors (Lipinski definition) is 0. The first kappa shape index (κ1) is 219. The van der Waals surface area contributed by atoms with Gasteiger partial charge in [-0.2, -0.15) is 0 Å². The van der Waals surface area contributed by atoms with Crippen molar-refractivity contribution < 1.29 is 88.4 Å². The molecule has 0 aliphatic rings. The fourth-order valence-corrected chi connectivity index (χ4v) is 0. The zero-order chi connectivity index (χ0) is 32.5. The van der Waals surface area contributed by atoms with E-state index in [1.165, 1.54) is 64.2 Å². The minimum atomic E-state index is 0. The summed E-state index contributed by atoms with van der Waals surface area (Å²) in [6, 6.07) is 0. The number of hydrogen-bond donors (Lipinski definition) is 0. The van der Waals surface area contributed by atoms with Crippen LogP contribution in [0.3, 0.4) is 0 Å². The normalized spacial score (nSPS) is 4.31. The van der Waals surface area contributed by atoms with Crippen molar-refractivity contribution in [3.63, 3.8) is 0 Å². The van der Waals surface area contributed by atoms with Gasteiger partial charge in [-0.25, -0.2) is 0 Å². The first-order chi connectivity index (χ1) is 17.0. The SMILES string of the molecule is C.C.C.C.C.C.C.C.C.C.C.C.C.C.C.C.CCC.CCC.CCC.CCC.CCC.CCC.CCC.CCC.CCC.CCC.C[Xe]C.C[Xe]C. The Morgan fingerprint density at radius 3 is 0.154 bits per heavy atom. The summed E-state index contributed by atoms with van der Waals surface area (Å²) in [5.41, 5.74) is 0. The average molecular weight is 1020 g/mol. The van der Waals surface area contributed by atoms with Crippen molar-refractivity contribution in [2.45, 2.75) is 327 Å². The van der Waals surface area contributed by atoms with Crippen LogP contribution >= 0.6 is 0 Å². The molecule has 0 nitrogen and oxygen atoms in total. The van der Waals surface area contributed by atoms with Crippen molar-refractivity contribution in [2.75, 3.05) is 0 Å². The molecular weight excluding hydrogens is 863 g/mol. The van der Waals surface area contributed by atoms with Gasteiger partial charge in [0.15, 0.2) is 0 Å². The van der Waals surface area contributed by atoms with E-state index in [0.717, 1.165) is 0 Å². The second kappa shape index (κ2) is 667. The average Bonchev–Trinajstić information content (AvgIpc) is 2.75. The Hall–Kier alpha value is 3.14. The van der Waals surface area contributed by atoms with E-state index < -0.39 is 0 Å². The Balaban J connectivity index is -0.00000000452. The minimum absolute atomic E-state index is 0. The maximum absolute atomic E-state index is 2.22. The Morgan fingerprint density at radius 1 is 0.154 bits per heavy atom. The Morgan fingerprint density at radius 2 is 0.154 bits per heavy atom. The van der Waals surface area contributed by atoms with Gasteiger partial charge >= 0.3 is 93.9 Å². The van der Waals surface area contributed by atoms with Gasteiger partial charge in [-0.1, -0.05) is 322 Å². The van der Waals surface area contributed by atoms with Crippen molar-refractivity contribution in [1.29, 1.82) is 0 Å². The predicted octanol–water partition coefficient (Wildman–Crippen LogP) is 26.7. The molecule has 0 aliphatic heterocycles. The fourth-order valence-electron chi connectivity index (χ4n) is 0. The van der Waals surface area contributed by atoms with Crippen LogP contribution in [-0.2, 0) is 0 Å². The Bertz CT molecular complexity index is 55.2. The van der Waals surface area contributed by atoms with E-state index in [4.69, 9.17) is 0 Å². The van der Waals surface area contributed by atoms with Gasteiger partial charge in [0.25, 0.3) is 0 Å². The zero-order valence-corrected chi connectivity index (χ0v) is 35.8. The van der Waals surface area contributed by atoms with E-state index in [-0.39, 0.29) is 119 Å². The summed E-state index contributed by atoms with van der Waals surface area (Å²) < 4.78 is 8.86. The quantitative estimate of drug-likeness (QED) is 0.227.